The molecule has 0 bridgehead atoms. The van der Waals surface area contributed by atoms with E-state index in [-0.39, 0.29) is 5.82 Å². The lowest BCUT2D eigenvalue weighted by molar-refractivity contribution is 0.341. The molecule has 46 heavy (non-hydrogen) atoms. The third-order valence-corrected chi connectivity index (χ3v) is 9.67. The first-order chi connectivity index (χ1) is 22.3. The van der Waals surface area contributed by atoms with Gasteiger partial charge in [0.1, 0.15) is 45.5 Å². The van der Waals surface area contributed by atoms with Crippen molar-refractivity contribution in [2.45, 2.75) is 46.7 Å². The Bertz CT molecular complexity index is 1950. The smallest absolute Gasteiger partial charge is 0.142 e. The first-order valence-corrected chi connectivity index (χ1v) is 17.0. The van der Waals surface area contributed by atoms with E-state index in [0.717, 1.165) is 50.6 Å². The monoisotopic (exact) mass is 656 g/mol. The summed E-state index contributed by atoms with van der Waals surface area (Å²) in [6, 6.07) is 13.8. The van der Waals surface area contributed by atoms with Gasteiger partial charge >= 0.3 is 0 Å². The van der Waals surface area contributed by atoms with Crippen molar-refractivity contribution in [3.8, 4) is 5.75 Å². The molecule has 4 aromatic heterocycles. The Labute approximate surface area is 275 Å². The van der Waals surface area contributed by atoms with Gasteiger partial charge in [-0.05, 0) is 80.8 Å². The zero-order valence-electron chi connectivity index (χ0n) is 26.5. The molecule has 5 heterocycles. The predicted octanol–water partition coefficient (Wildman–Crippen LogP) is 8.21. The number of hydrogen-bond donors (Lipinski definition) is 3. The molecule has 9 nitrogen and oxygen atoms in total. The normalized spacial score (nSPS) is 16.3. The van der Waals surface area contributed by atoms with Gasteiger partial charge in [0.15, 0.2) is 0 Å². The third-order valence-electron chi connectivity index (χ3n) is 7.66. The van der Waals surface area contributed by atoms with Crippen molar-refractivity contribution in [2.75, 3.05) is 35.2 Å². The van der Waals surface area contributed by atoms with Gasteiger partial charge in [0.2, 0.25) is 0 Å². The topological polar surface area (TPSA) is 100 Å². The summed E-state index contributed by atoms with van der Waals surface area (Å²) in [7, 11) is 0. The molecule has 2 atom stereocenters. The van der Waals surface area contributed by atoms with Crippen LogP contribution in [0.5, 0.6) is 5.75 Å². The molecule has 2 aromatic carbocycles. The number of hydrogen-bond acceptors (Lipinski definition) is 11. The minimum Gasteiger partial charge on any atom is -0.492 e. The Morgan fingerprint density at radius 3 is 2.04 bits per heavy atom. The average molecular weight is 657 g/mol. The number of thiophene rings is 2. The van der Waals surface area contributed by atoms with Crippen molar-refractivity contribution in [1.82, 2.24) is 25.3 Å². The zero-order valence-corrected chi connectivity index (χ0v) is 28.1. The molecule has 0 radical (unpaired) electrons. The van der Waals surface area contributed by atoms with Gasteiger partial charge in [-0.3, -0.25) is 0 Å². The summed E-state index contributed by atoms with van der Waals surface area (Å²) in [6.07, 6.45) is 3.14. The number of fused-ring (bicyclic) bond motifs is 2. The highest BCUT2D eigenvalue weighted by molar-refractivity contribution is 7.17. The lowest BCUT2D eigenvalue weighted by atomic mass is 10.1. The van der Waals surface area contributed by atoms with Gasteiger partial charge in [-0.2, -0.15) is 0 Å². The Morgan fingerprint density at radius 2 is 1.43 bits per heavy atom. The average Bonchev–Trinajstić information content (AvgIpc) is 3.62. The number of para-hydroxylation sites is 2. The van der Waals surface area contributed by atoms with E-state index < -0.39 is 0 Å². The molecular weight excluding hydrogens is 620 g/mol. The van der Waals surface area contributed by atoms with Crippen LogP contribution in [0.3, 0.4) is 0 Å². The van der Waals surface area contributed by atoms with E-state index in [1.807, 2.05) is 19.2 Å². The van der Waals surface area contributed by atoms with Crippen LogP contribution in [0.4, 0.5) is 33.1 Å². The molecule has 0 amide bonds. The molecule has 238 valence electrons. The summed E-state index contributed by atoms with van der Waals surface area (Å²) in [6.45, 7) is 13.0. The van der Waals surface area contributed by atoms with Crippen molar-refractivity contribution in [2.24, 2.45) is 0 Å². The van der Waals surface area contributed by atoms with Crippen LogP contribution >= 0.6 is 22.7 Å². The van der Waals surface area contributed by atoms with Gasteiger partial charge in [0.05, 0.1) is 34.4 Å². The van der Waals surface area contributed by atoms with Crippen LogP contribution in [-0.4, -0.2) is 51.7 Å². The van der Waals surface area contributed by atoms with Crippen molar-refractivity contribution < 1.29 is 9.13 Å². The quantitative estimate of drug-likeness (QED) is 0.157. The number of nitrogens with one attached hydrogen (secondary N) is 3. The molecule has 2 unspecified atom stereocenters. The number of halogens is 1. The van der Waals surface area contributed by atoms with Gasteiger partial charge in [-0.25, -0.2) is 24.3 Å². The molecule has 12 heteroatoms. The Morgan fingerprint density at radius 1 is 0.848 bits per heavy atom. The summed E-state index contributed by atoms with van der Waals surface area (Å²) in [4.78, 5) is 21.8. The predicted molar refractivity (Wildman–Crippen MR) is 189 cm³/mol. The Hall–Kier alpha value is -4.39. The first-order valence-electron chi connectivity index (χ1n) is 15.2. The summed E-state index contributed by atoms with van der Waals surface area (Å²) in [5.74, 6) is 1.81. The van der Waals surface area contributed by atoms with Crippen LogP contribution in [0, 0.1) is 19.7 Å². The summed E-state index contributed by atoms with van der Waals surface area (Å²) >= 11 is 3.22. The van der Waals surface area contributed by atoms with Gasteiger partial charge < -0.3 is 25.6 Å². The highest BCUT2D eigenvalue weighted by Gasteiger charge is 2.23. The Balaban J connectivity index is 0.000000164. The largest absolute Gasteiger partial charge is 0.492 e. The second-order valence-electron chi connectivity index (χ2n) is 11.4. The lowest BCUT2D eigenvalue weighted by Gasteiger charge is -2.38. The van der Waals surface area contributed by atoms with Crippen molar-refractivity contribution >= 4 is 71.8 Å². The molecule has 0 saturated carbocycles. The Kier molecular flexibility index (Phi) is 9.57. The number of benzene rings is 2. The maximum Gasteiger partial charge on any atom is 0.142 e. The number of nitrogens with zero attached hydrogens (tertiary/aromatic N) is 5. The fraction of sp³-hybridized carbons (Fsp3) is 0.294. The second kappa shape index (κ2) is 13.9. The van der Waals surface area contributed by atoms with E-state index in [4.69, 9.17) is 4.74 Å². The van der Waals surface area contributed by atoms with Gasteiger partial charge in [0, 0.05) is 31.2 Å². The van der Waals surface area contributed by atoms with Crippen LogP contribution in [0.1, 0.15) is 31.9 Å². The maximum absolute atomic E-state index is 13.5. The fourth-order valence-corrected chi connectivity index (χ4v) is 7.52. The lowest BCUT2D eigenvalue weighted by Crippen LogP contribution is -2.54. The van der Waals surface area contributed by atoms with Crippen LogP contribution < -0.4 is 25.6 Å². The zero-order chi connectivity index (χ0) is 32.2. The van der Waals surface area contributed by atoms with Crippen LogP contribution in [0.2, 0.25) is 0 Å². The molecule has 6 aromatic rings. The van der Waals surface area contributed by atoms with Crippen LogP contribution in [0.15, 0.2) is 65.9 Å². The molecule has 3 N–H and O–H groups in total. The molecule has 1 saturated heterocycles. The van der Waals surface area contributed by atoms with E-state index >= 15 is 0 Å². The minimum absolute atomic E-state index is 0.326. The van der Waals surface area contributed by atoms with Crippen LogP contribution in [-0.2, 0) is 0 Å². The van der Waals surface area contributed by atoms with Crippen molar-refractivity contribution in [1.29, 1.82) is 0 Å². The SMILES string of the molecule is CCOc1ccc(F)cc1Nc1ncnc2scc(C)c12.Cc1csc2ncnc(Nc3ccccc3N3CC(C)NC(C)C3)c12. The molecule has 1 aliphatic rings. The molecule has 0 spiro atoms. The van der Waals surface area contributed by atoms with Gasteiger partial charge in [-0.1, -0.05) is 12.1 Å². The molecule has 1 fully saturated rings. The molecular formula is C34H37FN8OS2. The van der Waals surface area contributed by atoms with E-state index in [0.29, 0.717) is 35.9 Å². The molecule has 0 aliphatic carbocycles. The van der Waals surface area contributed by atoms with E-state index in [9.17, 15) is 4.39 Å². The molecule has 7 rings (SSSR count). The highest BCUT2D eigenvalue weighted by Crippen LogP contribution is 2.35. The number of aromatic nitrogens is 4. The molecule has 1 aliphatic heterocycles. The van der Waals surface area contributed by atoms with Crippen molar-refractivity contribution in [3.05, 3.63) is 82.8 Å². The fourth-order valence-electron chi connectivity index (χ4n) is 5.74. The number of rotatable bonds is 7. The number of aryl methyl sites for hydroxylation is 2. The first kappa shape index (κ1) is 31.6. The van der Waals surface area contributed by atoms with E-state index in [1.165, 1.54) is 29.7 Å². The van der Waals surface area contributed by atoms with Gasteiger partial charge in [-0.15, -0.1) is 22.7 Å². The van der Waals surface area contributed by atoms with Crippen LogP contribution in [0.25, 0.3) is 20.4 Å². The number of ether oxygens (including phenoxy) is 1. The minimum atomic E-state index is -0.326. The maximum atomic E-state index is 13.5. The van der Waals surface area contributed by atoms with E-state index in [2.05, 4.69) is 91.2 Å². The second-order valence-corrected chi connectivity index (χ2v) is 13.1. The standard InChI is InChI=1S/C19H23N5S.C15H14FN3OS/c1-12-10-25-19-17(12)18(20-11-21-19)23-15-6-4-5-7-16(15)24-8-13(2)22-14(3)9-24;1-3-20-12-5-4-10(16)6-11(12)19-14-13-9(2)7-21-15(13)18-8-17-14/h4-7,10-11,13-14,22H,8-9H2,1-3H3,(H,20,21,23);4-8H,3H2,1-2H3,(H,17,18,19). The van der Waals surface area contributed by atoms with Gasteiger partial charge in [0.25, 0.3) is 0 Å². The van der Waals surface area contributed by atoms with Crippen molar-refractivity contribution in [3.63, 3.8) is 0 Å². The highest BCUT2D eigenvalue weighted by atomic mass is 32.1. The third kappa shape index (κ3) is 6.88. The number of anilines is 5. The summed E-state index contributed by atoms with van der Waals surface area (Å²) in [5, 5.41) is 16.5. The number of piperazine rings is 1. The summed E-state index contributed by atoms with van der Waals surface area (Å²) < 4.78 is 19.0. The summed E-state index contributed by atoms with van der Waals surface area (Å²) in [5.41, 5.74) is 5.18. The van der Waals surface area contributed by atoms with E-state index in [1.54, 1.807) is 35.1 Å².